The van der Waals surface area contributed by atoms with Crippen molar-refractivity contribution in [2.24, 2.45) is 0 Å². The van der Waals surface area contributed by atoms with Crippen LogP contribution in [-0.4, -0.2) is 25.0 Å². The molecule has 1 atom stereocenters. The SMILES string of the molecule is CCOC(=O)C(F)OC1CCCCCC1. The zero-order chi connectivity index (χ0) is 11.1. The van der Waals surface area contributed by atoms with Crippen molar-refractivity contribution in [2.45, 2.75) is 57.9 Å². The van der Waals surface area contributed by atoms with E-state index in [4.69, 9.17) is 4.74 Å². The Morgan fingerprint density at radius 2 is 1.93 bits per heavy atom. The van der Waals surface area contributed by atoms with Crippen LogP contribution in [0.2, 0.25) is 0 Å². The van der Waals surface area contributed by atoms with Crippen molar-refractivity contribution in [2.75, 3.05) is 6.61 Å². The van der Waals surface area contributed by atoms with Crippen molar-refractivity contribution in [3.05, 3.63) is 0 Å². The van der Waals surface area contributed by atoms with Crippen LogP contribution in [0, 0.1) is 0 Å². The van der Waals surface area contributed by atoms with E-state index in [9.17, 15) is 9.18 Å². The first-order chi connectivity index (χ1) is 7.24. The largest absolute Gasteiger partial charge is 0.462 e. The first-order valence-electron chi connectivity index (χ1n) is 5.70. The second kappa shape index (κ2) is 6.77. The molecule has 4 heteroatoms. The molecule has 0 aromatic carbocycles. The van der Waals surface area contributed by atoms with Crippen molar-refractivity contribution in [1.82, 2.24) is 0 Å². The molecule has 0 bridgehead atoms. The lowest BCUT2D eigenvalue weighted by Crippen LogP contribution is -2.27. The van der Waals surface area contributed by atoms with E-state index in [0.29, 0.717) is 0 Å². The average Bonchev–Trinajstić information content (AvgIpc) is 2.46. The van der Waals surface area contributed by atoms with E-state index in [-0.39, 0.29) is 12.7 Å². The van der Waals surface area contributed by atoms with Crippen molar-refractivity contribution in [3.8, 4) is 0 Å². The van der Waals surface area contributed by atoms with Crippen LogP contribution in [0.5, 0.6) is 0 Å². The van der Waals surface area contributed by atoms with E-state index < -0.39 is 12.3 Å². The number of halogens is 1. The lowest BCUT2D eigenvalue weighted by molar-refractivity contribution is -0.177. The summed E-state index contributed by atoms with van der Waals surface area (Å²) in [6, 6.07) is 0. The average molecular weight is 218 g/mol. The molecule has 0 amide bonds. The molecule has 0 saturated heterocycles. The predicted molar refractivity (Wildman–Crippen MR) is 54.1 cm³/mol. The second-order valence-electron chi connectivity index (χ2n) is 3.82. The van der Waals surface area contributed by atoms with Crippen LogP contribution >= 0.6 is 0 Å². The summed E-state index contributed by atoms with van der Waals surface area (Å²) in [5.74, 6) is -0.901. The number of hydrogen-bond donors (Lipinski definition) is 0. The molecule has 1 fully saturated rings. The van der Waals surface area contributed by atoms with Gasteiger partial charge in [0.1, 0.15) is 0 Å². The zero-order valence-electron chi connectivity index (χ0n) is 9.21. The van der Waals surface area contributed by atoms with Crippen LogP contribution in [0.1, 0.15) is 45.4 Å². The highest BCUT2D eigenvalue weighted by Crippen LogP contribution is 2.21. The fourth-order valence-electron chi connectivity index (χ4n) is 1.81. The van der Waals surface area contributed by atoms with Gasteiger partial charge in [-0.1, -0.05) is 25.7 Å². The minimum atomic E-state index is -1.91. The maximum Gasteiger partial charge on any atom is 0.368 e. The molecule has 0 radical (unpaired) electrons. The number of hydrogen-bond acceptors (Lipinski definition) is 3. The van der Waals surface area contributed by atoms with Crippen LogP contribution in [0.3, 0.4) is 0 Å². The predicted octanol–water partition coefficient (Wildman–Crippen LogP) is 2.58. The van der Waals surface area contributed by atoms with Gasteiger partial charge in [-0.05, 0) is 19.8 Å². The van der Waals surface area contributed by atoms with Gasteiger partial charge in [-0.2, -0.15) is 0 Å². The summed E-state index contributed by atoms with van der Waals surface area (Å²) < 4.78 is 22.8. The van der Waals surface area contributed by atoms with E-state index in [2.05, 4.69) is 4.74 Å². The number of alkyl halides is 1. The lowest BCUT2D eigenvalue weighted by Gasteiger charge is -2.17. The third kappa shape index (κ3) is 4.60. The number of rotatable bonds is 4. The standard InChI is InChI=1S/C11H19FO3/c1-2-14-11(13)10(12)15-9-7-5-3-4-6-8-9/h9-10H,2-8H2,1H3. The monoisotopic (exact) mass is 218 g/mol. The van der Waals surface area contributed by atoms with Gasteiger partial charge in [-0.3, -0.25) is 0 Å². The van der Waals surface area contributed by atoms with E-state index >= 15 is 0 Å². The molecule has 1 unspecified atom stereocenters. The Labute approximate surface area is 89.9 Å². The molecule has 1 saturated carbocycles. The Morgan fingerprint density at radius 3 is 2.47 bits per heavy atom. The van der Waals surface area contributed by atoms with Crippen molar-refractivity contribution in [1.29, 1.82) is 0 Å². The Balaban J connectivity index is 2.28. The molecule has 88 valence electrons. The number of esters is 1. The maximum absolute atomic E-state index is 13.2. The zero-order valence-corrected chi connectivity index (χ0v) is 9.21. The molecule has 0 aromatic heterocycles. The minimum Gasteiger partial charge on any atom is -0.462 e. The first kappa shape index (κ1) is 12.4. The summed E-state index contributed by atoms with van der Waals surface area (Å²) in [6.07, 6.45) is 4.13. The van der Waals surface area contributed by atoms with Crippen LogP contribution in [0.4, 0.5) is 4.39 Å². The van der Waals surface area contributed by atoms with Gasteiger partial charge in [0.15, 0.2) is 0 Å². The normalized spacial score (nSPS) is 20.7. The van der Waals surface area contributed by atoms with Gasteiger partial charge in [-0.15, -0.1) is 0 Å². The van der Waals surface area contributed by atoms with Crippen LogP contribution in [0.25, 0.3) is 0 Å². The molecule has 0 N–H and O–H groups in total. The highest BCUT2D eigenvalue weighted by Gasteiger charge is 2.24. The number of carbonyl (C=O) groups excluding carboxylic acids is 1. The molecule has 0 heterocycles. The smallest absolute Gasteiger partial charge is 0.368 e. The van der Waals surface area contributed by atoms with Gasteiger partial charge in [0.05, 0.1) is 12.7 Å². The Hall–Kier alpha value is -0.640. The highest BCUT2D eigenvalue weighted by molar-refractivity contribution is 5.72. The molecule has 0 spiro atoms. The van der Waals surface area contributed by atoms with Crippen LogP contribution < -0.4 is 0 Å². The lowest BCUT2D eigenvalue weighted by atomic mass is 10.1. The van der Waals surface area contributed by atoms with Crippen LogP contribution in [0.15, 0.2) is 0 Å². The molecule has 1 aliphatic rings. The van der Waals surface area contributed by atoms with Gasteiger partial charge in [-0.25, -0.2) is 9.18 Å². The van der Waals surface area contributed by atoms with Crippen molar-refractivity contribution in [3.63, 3.8) is 0 Å². The Bertz CT molecular complexity index is 188. The highest BCUT2D eigenvalue weighted by atomic mass is 19.1. The van der Waals surface area contributed by atoms with E-state index in [1.807, 2.05) is 0 Å². The second-order valence-corrected chi connectivity index (χ2v) is 3.82. The molecule has 3 nitrogen and oxygen atoms in total. The van der Waals surface area contributed by atoms with Crippen LogP contribution in [-0.2, 0) is 14.3 Å². The fraction of sp³-hybridized carbons (Fsp3) is 0.909. The molecule has 15 heavy (non-hydrogen) atoms. The number of carbonyl (C=O) groups is 1. The van der Waals surface area contributed by atoms with Crippen molar-refractivity contribution >= 4 is 5.97 Å². The van der Waals surface area contributed by atoms with Gasteiger partial charge in [0.2, 0.25) is 0 Å². The molecular weight excluding hydrogens is 199 g/mol. The van der Waals surface area contributed by atoms with Gasteiger partial charge in [0.25, 0.3) is 6.36 Å². The first-order valence-corrected chi connectivity index (χ1v) is 5.70. The topological polar surface area (TPSA) is 35.5 Å². The molecule has 0 aliphatic heterocycles. The third-order valence-electron chi connectivity index (χ3n) is 2.59. The summed E-state index contributed by atoms with van der Waals surface area (Å²) in [6.45, 7) is 1.84. The van der Waals surface area contributed by atoms with E-state index in [1.54, 1.807) is 6.92 Å². The number of ether oxygens (including phenoxy) is 2. The van der Waals surface area contributed by atoms with Crippen molar-refractivity contribution < 1.29 is 18.7 Å². The molecule has 1 rings (SSSR count). The Morgan fingerprint density at radius 1 is 1.33 bits per heavy atom. The molecule has 1 aliphatic carbocycles. The van der Waals surface area contributed by atoms with E-state index in [1.165, 1.54) is 12.8 Å². The third-order valence-corrected chi connectivity index (χ3v) is 2.59. The van der Waals surface area contributed by atoms with Gasteiger partial charge < -0.3 is 9.47 Å². The van der Waals surface area contributed by atoms with Gasteiger partial charge >= 0.3 is 5.97 Å². The van der Waals surface area contributed by atoms with E-state index in [0.717, 1.165) is 25.7 Å². The maximum atomic E-state index is 13.2. The summed E-state index contributed by atoms with van der Waals surface area (Å²) in [7, 11) is 0. The molecule has 0 aromatic rings. The Kier molecular flexibility index (Phi) is 5.61. The van der Waals surface area contributed by atoms with Gasteiger partial charge in [0, 0.05) is 0 Å². The molecular formula is C11H19FO3. The fourth-order valence-corrected chi connectivity index (χ4v) is 1.81. The summed E-state index contributed by atoms with van der Waals surface area (Å²) in [5.41, 5.74) is 0. The summed E-state index contributed by atoms with van der Waals surface area (Å²) >= 11 is 0. The minimum absolute atomic E-state index is 0.119. The summed E-state index contributed by atoms with van der Waals surface area (Å²) in [5, 5.41) is 0. The quantitative estimate of drug-likeness (QED) is 0.537. The summed E-state index contributed by atoms with van der Waals surface area (Å²) in [4.78, 5) is 11.0.